The van der Waals surface area contributed by atoms with Crippen molar-refractivity contribution in [2.75, 3.05) is 6.61 Å². The SMILES string of the molecule is CCCCCCOc1ccc([C@@H]2Oc3ccc(Cl)cc3[C@@H]3CC(c4ccc(Cl)cc4)=NN32)cc1. The Morgan fingerprint density at radius 2 is 1.71 bits per heavy atom. The summed E-state index contributed by atoms with van der Waals surface area (Å²) in [6, 6.07) is 21.9. The van der Waals surface area contributed by atoms with Crippen LogP contribution in [0.1, 0.15) is 68.0 Å². The summed E-state index contributed by atoms with van der Waals surface area (Å²) in [6.45, 7) is 2.96. The Balaban J connectivity index is 1.40. The molecule has 0 amide bonds. The summed E-state index contributed by atoms with van der Waals surface area (Å²) in [5, 5.41) is 8.47. The number of benzene rings is 3. The molecule has 4 nitrogen and oxygen atoms in total. The van der Waals surface area contributed by atoms with Crippen molar-refractivity contribution in [2.24, 2.45) is 5.10 Å². The lowest BCUT2D eigenvalue weighted by molar-refractivity contribution is -0.0190. The van der Waals surface area contributed by atoms with Crippen molar-refractivity contribution < 1.29 is 9.47 Å². The summed E-state index contributed by atoms with van der Waals surface area (Å²) < 4.78 is 12.4. The van der Waals surface area contributed by atoms with Crippen LogP contribution in [0.2, 0.25) is 10.0 Å². The van der Waals surface area contributed by atoms with Gasteiger partial charge in [-0.1, -0.05) is 61.5 Å². The van der Waals surface area contributed by atoms with Gasteiger partial charge in [0.25, 0.3) is 0 Å². The molecule has 0 aromatic heterocycles. The van der Waals surface area contributed by atoms with Crippen LogP contribution in [-0.4, -0.2) is 17.3 Å². The molecule has 0 spiro atoms. The molecule has 0 aliphatic carbocycles. The van der Waals surface area contributed by atoms with Crippen molar-refractivity contribution in [1.82, 2.24) is 5.01 Å². The van der Waals surface area contributed by atoms with Gasteiger partial charge >= 0.3 is 0 Å². The third-order valence-electron chi connectivity index (χ3n) is 6.36. The molecule has 0 bridgehead atoms. The number of halogens is 2. The van der Waals surface area contributed by atoms with Gasteiger partial charge in [0.2, 0.25) is 6.23 Å². The summed E-state index contributed by atoms with van der Waals surface area (Å²) in [7, 11) is 0. The summed E-state index contributed by atoms with van der Waals surface area (Å²) in [5.41, 5.74) is 4.16. The molecule has 2 atom stereocenters. The molecule has 0 unspecified atom stereocenters. The zero-order chi connectivity index (χ0) is 23.5. The Morgan fingerprint density at radius 1 is 0.941 bits per heavy atom. The topological polar surface area (TPSA) is 34.1 Å². The van der Waals surface area contributed by atoms with Crippen molar-refractivity contribution in [2.45, 2.75) is 51.3 Å². The van der Waals surface area contributed by atoms with Gasteiger partial charge in [-0.3, -0.25) is 0 Å². The third kappa shape index (κ3) is 4.89. The number of rotatable bonds is 8. The molecule has 176 valence electrons. The first kappa shape index (κ1) is 23.1. The molecule has 2 aliphatic heterocycles. The van der Waals surface area contributed by atoms with E-state index in [0.717, 1.165) is 53.3 Å². The standard InChI is InChI=1S/C28H28Cl2N2O2/c1-2-3-4-5-16-33-23-13-8-20(9-14-23)28-32-26(24-17-22(30)12-15-27(24)34-28)18-25(31-32)19-6-10-21(29)11-7-19/h6-15,17,26,28H,2-5,16,18H2,1H3/t26-,28-/m0/s1. The van der Waals surface area contributed by atoms with Crippen molar-refractivity contribution in [1.29, 1.82) is 0 Å². The van der Waals surface area contributed by atoms with E-state index in [4.69, 9.17) is 37.8 Å². The lowest BCUT2D eigenvalue weighted by atomic mass is 9.96. The van der Waals surface area contributed by atoms with Crippen molar-refractivity contribution in [3.8, 4) is 11.5 Å². The number of ether oxygens (including phenoxy) is 2. The first-order valence-corrected chi connectivity index (χ1v) is 12.7. The Bertz CT molecular complexity index is 1160. The number of unbranched alkanes of at least 4 members (excludes halogenated alkanes) is 3. The number of hydrazone groups is 1. The first-order chi connectivity index (χ1) is 16.6. The van der Waals surface area contributed by atoms with E-state index in [9.17, 15) is 0 Å². The van der Waals surface area contributed by atoms with E-state index in [2.05, 4.69) is 24.1 Å². The molecule has 0 saturated carbocycles. The minimum Gasteiger partial charge on any atom is -0.494 e. The maximum Gasteiger partial charge on any atom is 0.213 e. The van der Waals surface area contributed by atoms with Gasteiger partial charge in [0, 0.05) is 27.6 Å². The maximum atomic E-state index is 6.45. The Morgan fingerprint density at radius 3 is 2.47 bits per heavy atom. The van der Waals surface area contributed by atoms with Crippen molar-refractivity contribution in [3.05, 3.63) is 93.5 Å². The molecular weight excluding hydrogens is 467 g/mol. The van der Waals surface area contributed by atoms with Crippen LogP contribution >= 0.6 is 23.2 Å². The van der Waals surface area contributed by atoms with Crippen LogP contribution in [0, 0.1) is 0 Å². The fourth-order valence-corrected chi connectivity index (χ4v) is 4.85. The molecule has 0 fully saturated rings. The van der Waals surface area contributed by atoms with Gasteiger partial charge in [0.1, 0.15) is 11.5 Å². The zero-order valence-electron chi connectivity index (χ0n) is 19.2. The highest BCUT2D eigenvalue weighted by atomic mass is 35.5. The average molecular weight is 495 g/mol. The number of fused-ring (bicyclic) bond motifs is 3. The lowest BCUT2D eigenvalue weighted by Crippen LogP contribution is -2.33. The van der Waals surface area contributed by atoms with Crippen LogP contribution in [0.5, 0.6) is 11.5 Å². The van der Waals surface area contributed by atoms with E-state index in [1.54, 1.807) is 0 Å². The second kappa shape index (κ2) is 10.3. The van der Waals surface area contributed by atoms with Crippen LogP contribution in [0.3, 0.4) is 0 Å². The largest absolute Gasteiger partial charge is 0.494 e. The molecule has 6 heteroatoms. The van der Waals surface area contributed by atoms with Crippen molar-refractivity contribution in [3.63, 3.8) is 0 Å². The Labute approximate surface area is 211 Å². The third-order valence-corrected chi connectivity index (χ3v) is 6.85. The lowest BCUT2D eigenvalue weighted by Gasteiger charge is -2.38. The molecule has 0 radical (unpaired) electrons. The first-order valence-electron chi connectivity index (χ1n) is 11.9. The van der Waals surface area contributed by atoms with Gasteiger partial charge in [-0.05, 0) is 66.6 Å². The minimum absolute atomic E-state index is 0.0487. The fourth-order valence-electron chi connectivity index (χ4n) is 4.54. The van der Waals surface area contributed by atoms with E-state index < -0.39 is 0 Å². The highest BCUT2D eigenvalue weighted by Gasteiger charge is 2.41. The second-order valence-electron chi connectivity index (χ2n) is 8.78. The highest BCUT2D eigenvalue weighted by Crippen LogP contribution is 2.48. The van der Waals surface area contributed by atoms with Gasteiger partial charge in [-0.15, -0.1) is 0 Å². The molecule has 0 N–H and O–H groups in total. The number of nitrogens with zero attached hydrogens (tertiary/aromatic N) is 2. The molecule has 2 aliphatic rings. The highest BCUT2D eigenvalue weighted by molar-refractivity contribution is 6.31. The van der Waals surface area contributed by atoms with Crippen LogP contribution in [-0.2, 0) is 0 Å². The van der Waals surface area contributed by atoms with Gasteiger partial charge in [-0.25, -0.2) is 5.01 Å². The molecule has 2 heterocycles. The Hall–Kier alpha value is -2.69. The fraction of sp³-hybridized carbons (Fsp3) is 0.321. The molecular formula is C28H28Cl2N2O2. The summed E-state index contributed by atoms with van der Waals surface area (Å²) >= 11 is 12.4. The summed E-state index contributed by atoms with van der Waals surface area (Å²) in [4.78, 5) is 0. The van der Waals surface area contributed by atoms with E-state index in [-0.39, 0.29) is 12.3 Å². The van der Waals surface area contributed by atoms with E-state index in [1.165, 1.54) is 19.3 Å². The Kier molecular flexibility index (Phi) is 6.98. The van der Waals surface area contributed by atoms with E-state index >= 15 is 0 Å². The zero-order valence-corrected chi connectivity index (χ0v) is 20.7. The molecule has 3 aromatic rings. The second-order valence-corrected chi connectivity index (χ2v) is 9.66. The van der Waals surface area contributed by atoms with Gasteiger partial charge in [-0.2, -0.15) is 5.10 Å². The average Bonchev–Trinajstić information content (AvgIpc) is 3.30. The number of hydrogen-bond donors (Lipinski definition) is 0. The van der Waals surface area contributed by atoms with Crippen LogP contribution in [0.4, 0.5) is 0 Å². The normalized spacial score (nSPS) is 18.7. The summed E-state index contributed by atoms with van der Waals surface area (Å²) in [5.74, 6) is 1.73. The molecule has 5 rings (SSSR count). The maximum absolute atomic E-state index is 6.45. The van der Waals surface area contributed by atoms with Crippen LogP contribution in [0.25, 0.3) is 0 Å². The van der Waals surface area contributed by atoms with E-state index in [0.29, 0.717) is 10.0 Å². The monoisotopic (exact) mass is 494 g/mol. The predicted molar refractivity (Wildman–Crippen MR) is 138 cm³/mol. The van der Waals surface area contributed by atoms with Crippen LogP contribution in [0.15, 0.2) is 71.8 Å². The predicted octanol–water partition coefficient (Wildman–Crippen LogP) is 8.19. The minimum atomic E-state index is -0.331. The summed E-state index contributed by atoms with van der Waals surface area (Å²) in [6.07, 6.45) is 5.21. The van der Waals surface area contributed by atoms with Crippen LogP contribution < -0.4 is 9.47 Å². The quantitative estimate of drug-likeness (QED) is 0.296. The van der Waals surface area contributed by atoms with Gasteiger partial charge < -0.3 is 9.47 Å². The molecule has 3 aromatic carbocycles. The van der Waals surface area contributed by atoms with E-state index in [1.807, 2.05) is 54.6 Å². The van der Waals surface area contributed by atoms with Gasteiger partial charge in [0.15, 0.2) is 0 Å². The number of hydrogen-bond acceptors (Lipinski definition) is 4. The smallest absolute Gasteiger partial charge is 0.213 e. The van der Waals surface area contributed by atoms with Crippen molar-refractivity contribution >= 4 is 28.9 Å². The molecule has 0 saturated heterocycles. The molecule has 34 heavy (non-hydrogen) atoms. The van der Waals surface area contributed by atoms with Gasteiger partial charge in [0.05, 0.1) is 18.4 Å².